The van der Waals surface area contributed by atoms with Crippen molar-refractivity contribution in [2.24, 2.45) is 0 Å². The molecule has 0 atom stereocenters. The zero-order valence-corrected chi connectivity index (χ0v) is 28.8. The summed E-state index contributed by atoms with van der Waals surface area (Å²) in [4.78, 5) is 0. The Balaban J connectivity index is 1.17. The number of rotatable bonds is 3. The highest BCUT2D eigenvalue weighted by atomic mass is 16.3. The minimum Gasteiger partial charge on any atom is -0.455 e. The van der Waals surface area contributed by atoms with Gasteiger partial charge in [-0.25, -0.2) is 0 Å². The molecule has 11 rings (SSSR count). The highest BCUT2D eigenvalue weighted by Gasteiger charge is 2.20. The van der Waals surface area contributed by atoms with E-state index < -0.39 is 0 Å². The molecule has 0 N–H and O–H groups in total. The summed E-state index contributed by atoms with van der Waals surface area (Å²) in [6, 6.07) is 57.2. The molecule has 0 fully saturated rings. The van der Waals surface area contributed by atoms with Crippen LogP contribution in [-0.2, 0) is 0 Å². The van der Waals surface area contributed by atoms with Gasteiger partial charge in [0.1, 0.15) is 22.3 Å². The average molecular weight is 665 g/mol. The van der Waals surface area contributed by atoms with Gasteiger partial charge in [-0.2, -0.15) is 0 Å². The Bertz CT molecular complexity index is 3200. The van der Waals surface area contributed by atoms with E-state index in [1.54, 1.807) is 0 Å². The normalized spacial score (nSPS) is 12.0. The second-order valence-corrected chi connectivity index (χ2v) is 14.2. The van der Waals surface area contributed by atoms with Crippen molar-refractivity contribution in [3.05, 3.63) is 169 Å². The fourth-order valence-corrected chi connectivity index (χ4v) is 8.55. The molecule has 2 heteroatoms. The summed E-state index contributed by atoms with van der Waals surface area (Å²) in [5.41, 5.74) is 13.3. The van der Waals surface area contributed by atoms with Crippen molar-refractivity contribution < 1.29 is 8.83 Å². The van der Waals surface area contributed by atoms with Crippen molar-refractivity contribution in [3.8, 4) is 33.4 Å². The van der Waals surface area contributed by atoms with Crippen molar-refractivity contribution in [2.45, 2.75) is 13.8 Å². The molecule has 0 bridgehead atoms. The standard InChI is InChI=1S/C50H32O2/c1-29-17-21-38-43(25-29)48(34-20-24-46-42(28-34)41-23-19-31-9-3-4-12-35(31)49(41)52-46)44-26-30(2)18-22-39(44)47(38)33-11-7-10-32(27-33)36-14-8-15-40-37-13-5-6-16-45(37)51-50(36)40/h3-28H,1-2H3. The number of hydrogen-bond donors (Lipinski definition) is 0. The van der Waals surface area contributed by atoms with Crippen LogP contribution in [0.15, 0.2) is 167 Å². The second kappa shape index (κ2) is 10.9. The first-order valence-electron chi connectivity index (χ1n) is 17.9. The first kappa shape index (κ1) is 29.1. The third kappa shape index (κ3) is 4.25. The Labute approximate surface area is 300 Å². The molecule has 244 valence electrons. The van der Waals surface area contributed by atoms with Crippen molar-refractivity contribution >= 4 is 76.2 Å². The lowest BCUT2D eigenvalue weighted by atomic mass is 9.84. The molecular weight excluding hydrogens is 633 g/mol. The second-order valence-electron chi connectivity index (χ2n) is 14.2. The van der Waals surface area contributed by atoms with E-state index in [-0.39, 0.29) is 0 Å². The molecule has 0 amide bonds. The minimum absolute atomic E-state index is 0.906. The molecule has 9 aromatic carbocycles. The first-order chi connectivity index (χ1) is 25.6. The van der Waals surface area contributed by atoms with E-state index >= 15 is 0 Å². The summed E-state index contributed by atoms with van der Waals surface area (Å²) >= 11 is 0. The van der Waals surface area contributed by atoms with E-state index in [4.69, 9.17) is 8.83 Å². The third-order valence-corrected chi connectivity index (χ3v) is 10.9. The van der Waals surface area contributed by atoms with Gasteiger partial charge in [-0.05, 0) is 98.9 Å². The van der Waals surface area contributed by atoms with Gasteiger partial charge in [-0.3, -0.25) is 0 Å². The predicted octanol–water partition coefficient (Wildman–Crippen LogP) is 14.6. The van der Waals surface area contributed by atoms with Gasteiger partial charge in [0.25, 0.3) is 0 Å². The van der Waals surface area contributed by atoms with Crippen LogP contribution in [0.4, 0.5) is 0 Å². The lowest BCUT2D eigenvalue weighted by molar-refractivity contribution is 0.670. The van der Waals surface area contributed by atoms with E-state index in [9.17, 15) is 0 Å². The largest absolute Gasteiger partial charge is 0.455 e. The van der Waals surface area contributed by atoms with Gasteiger partial charge in [0.2, 0.25) is 0 Å². The molecule has 0 aliphatic rings. The summed E-state index contributed by atoms with van der Waals surface area (Å²) in [5.74, 6) is 0. The number of furan rings is 2. The Morgan fingerprint density at radius 2 is 0.923 bits per heavy atom. The molecule has 0 aliphatic heterocycles. The van der Waals surface area contributed by atoms with Gasteiger partial charge in [0.05, 0.1) is 0 Å². The fourth-order valence-electron chi connectivity index (χ4n) is 8.55. The maximum Gasteiger partial charge on any atom is 0.143 e. The van der Waals surface area contributed by atoms with Crippen LogP contribution in [0.1, 0.15) is 11.1 Å². The van der Waals surface area contributed by atoms with Crippen LogP contribution < -0.4 is 0 Å². The molecule has 0 saturated heterocycles. The highest BCUT2D eigenvalue weighted by molar-refractivity contribution is 6.23. The lowest BCUT2D eigenvalue weighted by Crippen LogP contribution is -1.93. The van der Waals surface area contributed by atoms with E-state index in [1.807, 2.05) is 12.1 Å². The monoisotopic (exact) mass is 664 g/mol. The maximum absolute atomic E-state index is 6.53. The Morgan fingerprint density at radius 3 is 1.75 bits per heavy atom. The lowest BCUT2D eigenvalue weighted by Gasteiger charge is -2.19. The number of benzene rings is 9. The Hall–Kier alpha value is -6.64. The van der Waals surface area contributed by atoms with Crippen molar-refractivity contribution in [2.75, 3.05) is 0 Å². The van der Waals surface area contributed by atoms with E-state index in [2.05, 4.69) is 159 Å². The van der Waals surface area contributed by atoms with Crippen molar-refractivity contribution in [1.29, 1.82) is 0 Å². The van der Waals surface area contributed by atoms with Gasteiger partial charge in [0, 0.05) is 32.5 Å². The molecule has 0 radical (unpaired) electrons. The molecule has 2 heterocycles. The van der Waals surface area contributed by atoms with Gasteiger partial charge >= 0.3 is 0 Å². The molecule has 52 heavy (non-hydrogen) atoms. The van der Waals surface area contributed by atoms with Gasteiger partial charge in [-0.1, -0.05) is 139 Å². The zero-order valence-electron chi connectivity index (χ0n) is 28.8. The maximum atomic E-state index is 6.53. The SMILES string of the molecule is Cc1ccc2c(-c3cccc(-c4cccc5c4oc4ccccc45)c3)c3ccc(C)cc3c(-c3ccc4oc5c6ccccc6ccc5c4c3)c2c1. The van der Waals surface area contributed by atoms with Crippen molar-refractivity contribution in [1.82, 2.24) is 0 Å². The van der Waals surface area contributed by atoms with Gasteiger partial charge in [-0.15, -0.1) is 0 Å². The van der Waals surface area contributed by atoms with Crippen LogP contribution in [0.5, 0.6) is 0 Å². The van der Waals surface area contributed by atoms with Crippen LogP contribution in [0.25, 0.3) is 110 Å². The van der Waals surface area contributed by atoms with E-state index in [0.717, 1.165) is 60.4 Å². The summed E-state index contributed by atoms with van der Waals surface area (Å²) in [6.07, 6.45) is 0. The van der Waals surface area contributed by atoms with Crippen LogP contribution in [0.3, 0.4) is 0 Å². The third-order valence-electron chi connectivity index (χ3n) is 10.9. The van der Waals surface area contributed by atoms with E-state index in [0.29, 0.717) is 0 Å². The van der Waals surface area contributed by atoms with E-state index in [1.165, 1.54) is 60.3 Å². The molecular formula is C50H32O2. The molecule has 2 aromatic heterocycles. The van der Waals surface area contributed by atoms with Crippen LogP contribution >= 0.6 is 0 Å². The van der Waals surface area contributed by atoms with Gasteiger partial charge in [0.15, 0.2) is 0 Å². The number of aryl methyl sites for hydroxylation is 2. The molecule has 0 spiro atoms. The first-order valence-corrected chi connectivity index (χ1v) is 17.9. The number of para-hydroxylation sites is 2. The van der Waals surface area contributed by atoms with Crippen LogP contribution in [0.2, 0.25) is 0 Å². The number of hydrogen-bond acceptors (Lipinski definition) is 2. The van der Waals surface area contributed by atoms with Crippen LogP contribution in [0, 0.1) is 13.8 Å². The Kier molecular flexibility index (Phi) is 6.12. The molecule has 0 aliphatic carbocycles. The molecule has 11 aromatic rings. The summed E-state index contributed by atoms with van der Waals surface area (Å²) < 4.78 is 13.0. The highest BCUT2D eigenvalue weighted by Crippen LogP contribution is 2.47. The van der Waals surface area contributed by atoms with Gasteiger partial charge < -0.3 is 8.83 Å². The van der Waals surface area contributed by atoms with Crippen LogP contribution in [-0.4, -0.2) is 0 Å². The summed E-state index contributed by atoms with van der Waals surface area (Å²) in [7, 11) is 0. The fraction of sp³-hybridized carbons (Fsp3) is 0.0400. The average Bonchev–Trinajstić information content (AvgIpc) is 3.75. The summed E-state index contributed by atoms with van der Waals surface area (Å²) in [6.45, 7) is 4.38. The molecule has 0 saturated carbocycles. The quantitative estimate of drug-likeness (QED) is 0.176. The van der Waals surface area contributed by atoms with Crippen molar-refractivity contribution in [3.63, 3.8) is 0 Å². The smallest absolute Gasteiger partial charge is 0.143 e. The minimum atomic E-state index is 0.906. The predicted molar refractivity (Wildman–Crippen MR) is 219 cm³/mol. The molecule has 2 nitrogen and oxygen atoms in total. The molecule has 0 unspecified atom stereocenters. The zero-order chi connectivity index (χ0) is 34.5. The topological polar surface area (TPSA) is 26.3 Å². The number of fused-ring (bicyclic) bond motifs is 10. The Morgan fingerprint density at radius 1 is 0.327 bits per heavy atom. The summed E-state index contributed by atoms with van der Waals surface area (Å²) in [5, 5.41) is 11.9.